The molecule has 0 aliphatic heterocycles. The van der Waals surface area contributed by atoms with Gasteiger partial charge in [0.25, 0.3) is 0 Å². The lowest BCUT2D eigenvalue weighted by Crippen LogP contribution is -2.40. The van der Waals surface area contributed by atoms with Gasteiger partial charge in [0.1, 0.15) is 0 Å². The van der Waals surface area contributed by atoms with Gasteiger partial charge in [-0.3, -0.25) is 0 Å². The summed E-state index contributed by atoms with van der Waals surface area (Å²) in [5, 5.41) is 4.47. The molecule has 1 heteroatoms. The Hall–Kier alpha value is -1.08. The highest BCUT2D eigenvalue weighted by Gasteiger charge is 2.21. The molecule has 2 aromatic carbocycles. The zero-order chi connectivity index (χ0) is 11.9. The van der Waals surface area contributed by atoms with Crippen LogP contribution in [0, 0.1) is 13.8 Å². The molecule has 0 atom stereocenters. The molecule has 0 aromatic heterocycles. The quantitative estimate of drug-likeness (QED) is 0.647. The van der Waals surface area contributed by atoms with Crippen molar-refractivity contribution in [3.63, 3.8) is 0 Å². The summed E-state index contributed by atoms with van der Waals surface area (Å²) in [6.07, 6.45) is 0. The van der Waals surface area contributed by atoms with E-state index in [9.17, 15) is 0 Å². The molecule has 84 valence electrons. The van der Waals surface area contributed by atoms with Gasteiger partial charge in [-0.2, -0.15) is 0 Å². The van der Waals surface area contributed by atoms with Gasteiger partial charge in [-0.25, -0.2) is 0 Å². The summed E-state index contributed by atoms with van der Waals surface area (Å²) in [7, 11) is -1.26. The van der Waals surface area contributed by atoms with Crippen molar-refractivity contribution in [3.8, 4) is 0 Å². The van der Waals surface area contributed by atoms with Crippen molar-refractivity contribution in [2.75, 3.05) is 0 Å². The molecule has 0 aliphatic rings. The van der Waals surface area contributed by atoms with Crippen LogP contribution in [-0.4, -0.2) is 8.07 Å². The van der Waals surface area contributed by atoms with Crippen LogP contribution in [0.5, 0.6) is 0 Å². The Labute approximate surface area is 99.3 Å². The van der Waals surface area contributed by atoms with E-state index in [2.05, 4.69) is 63.8 Å². The van der Waals surface area contributed by atoms with Gasteiger partial charge in [-0.05, 0) is 29.8 Å². The molecular weight excluding hydrogens is 208 g/mol. The van der Waals surface area contributed by atoms with Gasteiger partial charge < -0.3 is 0 Å². The predicted molar refractivity (Wildman–Crippen MR) is 76.4 cm³/mol. The molecule has 0 unspecified atom stereocenters. The van der Waals surface area contributed by atoms with Gasteiger partial charge >= 0.3 is 0 Å². The van der Waals surface area contributed by atoms with Crippen molar-refractivity contribution >= 4 is 24.0 Å². The number of fused-ring (bicyclic) bond motifs is 1. The summed E-state index contributed by atoms with van der Waals surface area (Å²) < 4.78 is 0. The van der Waals surface area contributed by atoms with Crippen LogP contribution in [0.4, 0.5) is 0 Å². The standard InChI is InChI=1S/C15H20Si/c1-11-6-9-14-13(10-11)8-7-12(2)15(14)16(3,4)5/h6-10H,1-5H3. The van der Waals surface area contributed by atoms with Gasteiger partial charge in [0.2, 0.25) is 0 Å². The molecule has 0 saturated heterocycles. The highest BCUT2D eigenvalue weighted by Crippen LogP contribution is 2.19. The Bertz CT molecular complexity index is 533. The fourth-order valence-corrected chi connectivity index (χ4v) is 4.86. The first-order chi connectivity index (χ1) is 7.39. The molecule has 0 radical (unpaired) electrons. The maximum Gasteiger partial charge on any atom is 0.0787 e. The van der Waals surface area contributed by atoms with Crippen molar-refractivity contribution in [3.05, 3.63) is 41.5 Å². The second-order valence-electron chi connectivity index (χ2n) is 5.73. The molecular formula is C15H20Si. The molecule has 0 fully saturated rings. The van der Waals surface area contributed by atoms with Crippen LogP contribution in [0.2, 0.25) is 19.6 Å². The molecule has 16 heavy (non-hydrogen) atoms. The highest BCUT2D eigenvalue weighted by atomic mass is 28.3. The molecule has 0 bridgehead atoms. The summed E-state index contributed by atoms with van der Waals surface area (Å²) >= 11 is 0. The minimum Gasteiger partial charge on any atom is -0.0656 e. The van der Waals surface area contributed by atoms with E-state index in [1.165, 1.54) is 21.9 Å². The molecule has 0 aliphatic carbocycles. The second-order valence-corrected chi connectivity index (χ2v) is 10.7. The van der Waals surface area contributed by atoms with E-state index >= 15 is 0 Å². The van der Waals surface area contributed by atoms with Crippen LogP contribution in [0.3, 0.4) is 0 Å². The number of aryl methyl sites for hydroxylation is 2. The van der Waals surface area contributed by atoms with Crippen LogP contribution in [0.25, 0.3) is 10.8 Å². The molecule has 0 amide bonds. The van der Waals surface area contributed by atoms with Gasteiger partial charge in [-0.15, -0.1) is 0 Å². The highest BCUT2D eigenvalue weighted by molar-refractivity contribution is 6.90. The zero-order valence-electron chi connectivity index (χ0n) is 10.9. The molecule has 0 saturated carbocycles. The van der Waals surface area contributed by atoms with Crippen molar-refractivity contribution in [1.82, 2.24) is 0 Å². The van der Waals surface area contributed by atoms with E-state index in [0.29, 0.717) is 0 Å². The Morgan fingerprint density at radius 3 is 2.19 bits per heavy atom. The Balaban J connectivity index is 2.85. The zero-order valence-corrected chi connectivity index (χ0v) is 11.9. The van der Waals surface area contributed by atoms with Gasteiger partial charge in [0, 0.05) is 0 Å². The monoisotopic (exact) mass is 228 g/mol. The number of benzene rings is 2. The van der Waals surface area contributed by atoms with Crippen LogP contribution in [-0.2, 0) is 0 Å². The van der Waals surface area contributed by atoms with Gasteiger partial charge in [0.15, 0.2) is 0 Å². The topological polar surface area (TPSA) is 0 Å². The third-order valence-electron chi connectivity index (χ3n) is 3.13. The molecule has 2 aromatic rings. The van der Waals surface area contributed by atoms with Gasteiger partial charge in [0.05, 0.1) is 8.07 Å². The van der Waals surface area contributed by atoms with Crippen molar-refractivity contribution in [2.45, 2.75) is 33.5 Å². The predicted octanol–water partition coefficient (Wildman–Crippen LogP) is 4.00. The summed E-state index contributed by atoms with van der Waals surface area (Å²) in [5.41, 5.74) is 2.80. The first kappa shape index (κ1) is 11.4. The first-order valence-electron chi connectivity index (χ1n) is 5.90. The van der Waals surface area contributed by atoms with Crippen LogP contribution in [0.1, 0.15) is 11.1 Å². The van der Waals surface area contributed by atoms with E-state index in [-0.39, 0.29) is 0 Å². The molecule has 0 heterocycles. The van der Waals surface area contributed by atoms with E-state index in [4.69, 9.17) is 0 Å². The van der Waals surface area contributed by atoms with E-state index in [1.807, 2.05) is 0 Å². The molecule has 0 N–H and O–H groups in total. The largest absolute Gasteiger partial charge is 0.0787 e. The summed E-state index contributed by atoms with van der Waals surface area (Å²) in [4.78, 5) is 0. The molecule has 2 rings (SSSR count). The minimum absolute atomic E-state index is 1.26. The first-order valence-corrected chi connectivity index (χ1v) is 9.40. The average molecular weight is 228 g/mol. The number of hydrogen-bond acceptors (Lipinski definition) is 0. The Kier molecular flexibility index (Phi) is 2.67. The normalized spacial score (nSPS) is 12.1. The van der Waals surface area contributed by atoms with Crippen molar-refractivity contribution < 1.29 is 0 Å². The lowest BCUT2D eigenvalue weighted by Gasteiger charge is -2.22. The Morgan fingerprint density at radius 2 is 1.56 bits per heavy atom. The lowest BCUT2D eigenvalue weighted by molar-refractivity contribution is 1.48. The molecule has 0 spiro atoms. The van der Waals surface area contributed by atoms with Crippen molar-refractivity contribution in [2.24, 2.45) is 0 Å². The maximum atomic E-state index is 2.43. The average Bonchev–Trinajstić information content (AvgIpc) is 2.16. The third kappa shape index (κ3) is 1.92. The van der Waals surface area contributed by atoms with Gasteiger partial charge in [-0.1, -0.05) is 61.1 Å². The smallest absolute Gasteiger partial charge is 0.0656 e. The Morgan fingerprint density at radius 1 is 0.875 bits per heavy atom. The summed E-state index contributed by atoms with van der Waals surface area (Å²) in [6.45, 7) is 11.7. The van der Waals surface area contributed by atoms with E-state index in [0.717, 1.165) is 0 Å². The van der Waals surface area contributed by atoms with Crippen molar-refractivity contribution in [1.29, 1.82) is 0 Å². The van der Waals surface area contributed by atoms with Crippen LogP contribution < -0.4 is 5.19 Å². The lowest BCUT2D eigenvalue weighted by atomic mass is 10.1. The fourth-order valence-electron chi connectivity index (χ4n) is 2.55. The third-order valence-corrected chi connectivity index (χ3v) is 5.30. The SMILES string of the molecule is Cc1ccc2c([Si](C)(C)C)c(C)ccc2c1. The summed E-state index contributed by atoms with van der Waals surface area (Å²) in [6, 6.07) is 11.3. The second kappa shape index (κ2) is 3.74. The van der Waals surface area contributed by atoms with Crippen LogP contribution in [0.15, 0.2) is 30.3 Å². The van der Waals surface area contributed by atoms with Crippen LogP contribution >= 0.6 is 0 Å². The van der Waals surface area contributed by atoms with E-state index in [1.54, 1.807) is 5.19 Å². The summed E-state index contributed by atoms with van der Waals surface area (Å²) in [5.74, 6) is 0. The fraction of sp³-hybridized carbons (Fsp3) is 0.333. The minimum atomic E-state index is -1.26. The maximum absolute atomic E-state index is 2.43. The number of rotatable bonds is 1. The number of hydrogen-bond donors (Lipinski definition) is 0. The molecule has 0 nitrogen and oxygen atoms in total. The van der Waals surface area contributed by atoms with E-state index < -0.39 is 8.07 Å².